The highest BCUT2D eigenvalue weighted by atomic mass is 19.4. The van der Waals surface area contributed by atoms with Crippen LogP contribution in [0.2, 0.25) is 0 Å². The number of amides is 1. The Balaban J connectivity index is 2.95. The molecule has 0 fully saturated rings. The maximum atomic E-state index is 12.5. The molecule has 0 radical (unpaired) electrons. The van der Waals surface area contributed by atoms with E-state index in [2.05, 4.69) is 11.2 Å². The standard InChI is InChI=1S/C12H11F3N2O2/c1-2-3-8(16)11(19)17-9-6-7(12(13,14)15)4-5-10(9)18/h1,4-6,8,18H,3,16H2,(H,17,19). The molecule has 0 aromatic heterocycles. The van der Waals surface area contributed by atoms with Crippen molar-refractivity contribution >= 4 is 11.6 Å². The van der Waals surface area contributed by atoms with Crippen LogP contribution in [0.15, 0.2) is 18.2 Å². The third-order valence-corrected chi connectivity index (χ3v) is 2.26. The van der Waals surface area contributed by atoms with Crippen molar-refractivity contribution in [2.24, 2.45) is 5.73 Å². The number of aromatic hydroxyl groups is 1. The van der Waals surface area contributed by atoms with Gasteiger partial charge in [-0.1, -0.05) is 0 Å². The average molecular weight is 272 g/mol. The van der Waals surface area contributed by atoms with Crippen LogP contribution >= 0.6 is 0 Å². The molecule has 102 valence electrons. The molecule has 0 aliphatic carbocycles. The fourth-order valence-corrected chi connectivity index (χ4v) is 1.26. The quantitative estimate of drug-likeness (QED) is 0.579. The lowest BCUT2D eigenvalue weighted by atomic mass is 10.1. The summed E-state index contributed by atoms with van der Waals surface area (Å²) < 4.78 is 37.4. The van der Waals surface area contributed by atoms with Crippen molar-refractivity contribution in [1.82, 2.24) is 0 Å². The van der Waals surface area contributed by atoms with Crippen molar-refractivity contribution in [3.8, 4) is 18.1 Å². The number of carbonyl (C=O) groups excluding carboxylic acids is 1. The zero-order valence-electron chi connectivity index (χ0n) is 9.66. The summed E-state index contributed by atoms with van der Waals surface area (Å²) in [4.78, 5) is 11.5. The highest BCUT2D eigenvalue weighted by Gasteiger charge is 2.31. The van der Waals surface area contributed by atoms with E-state index in [4.69, 9.17) is 12.2 Å². The monoisotopic (exact) mass is 272 g/mol. The lowest BCUT2D eigenvalue weighted by Gasteiger charge is -2.13. The number of hydrogen-bond acceptors (Lipinski definition) is 3. The van der Waals surface area contributed by atoms with Gasteiger partial charge in [0, 0.05) is 6.42 Å². The first-order valence-corrected chi connectivity index (χ1v) is 5.16. The van der Waals surface area contributed by atoms with E-state index < -0.39 is 29.4 Å². The number of phenols is 1. The molecule has 1 aromatic carbocycles. The SMILES string of the molecule is C#CCC(N)C(=O)Nc1cc(C(F)(F)F)ccc1O. The van der Waals surface area contributed by atoms with Crippen LogP contribution < -0.4 is 11.1 Å². The largest absolute Gasteiger partial charge is 0.506 e. The van der Waals surface area contributed by atoms with Crippen LogP contribution in [-0.4, -0.2) is 17.1 Å². The maximum absolute atomic E-state index is 12.5. The molecule has 7 heteroatoms. The molecule has 1 rings (SSSR count). The second kappa shape index (κ2) is 5.63. The molecule has 0 aliphatic rings. The first-order valence-electron chi connectivity index (χ1n) is 5.16. The van der Waals surface area contributed by atoms with E-state index >= 15 is 0 Å². The zero-order valence-corrected chi connectivity index (χ0v) is 9.66. The zero-order chi connectivity index (χ0) is 14.6. The van der Waals surface area contributed by atoms with Gasteiger partial charge in [0.2, 0.25) is 5.91 Å². The Morgan fingerprint density at radius 3 is 2.68 bits per heavy atom. The van der Waals surface area contributed by atoms with Crippen molar-refractivity contribution in [2.45, 2.75) is 18.6 Å². The van der Waals surface area contributed by atoms with E-state index in [-0.39, 0.29) is 12.1 Å². The topological polar surface area (TPSA) is 75.4 Å². The van der Waals surface area contributed by atoms with Gasteiger partial charge >= 0.3 is 6.18 Å². The van der Waals surface area contributed by atoms with E-state index in [1.807, 2.05) is 0 Å². The fourth-order valence-electron chi connectivity index (χ4n) is 1.26. The van der Waals surface area contributed by atoms with Crippen LogP contribution in [0, 0.1) is 12.3 Å². The first-order chi connectivity index (χ1) is 8.75. The summed E-state index contributed by atoms with van der Waals surface area (Å²) in [6.07, 6.45) is 0.324. The third kappa shape index (κ3) is 3.89. The molecule has 0 bridgehead atoms. The molecule has 1 amide bonds. The molecule has 0 saturated carbocycles. The van der Waals surface area contributed by atoms with Gasteiger partial charge in [-0.25, -0.2) is 0 Å². The van der Waals surface area contributed by atoms with Gasteiger partial charge < -0.3 is 16.2 Å². The molecule has 0 spiro atoms. The first kappa shape index (κ1) is 14.9. The third-order valence-electron chi connectivity index (χ3n) is 2.26. The molecule has 19 heavy (non-hydrogen) atoms. The van der Waals surface area contributed by atoms with Gasteiger partial charge in [-0.3, -0.25) is 4.79 Å². The Labute approximate surface area is 107 Å². The number of halogens is 3. The van der Waals surface area contributed by atoms with Crippen molar-refractivity contribution in [3.05, 3.63) is 23.8 Å². The van der Waals surface area contributed by atoms with E-state index in [1.165, 1.54) is 0 Å². The minimum Gasteiger partial charge on any atom is -0.506 e. The Bertz CT molecular complexity index is 521. The van der Waals surface area contributed by atoms with Crippen LogP contribution in [0.3, 0.4) is 0 Å². The van der Waals surface area contributed by atoms with E-state index in [1.54, 1.807) is 0 Å². The summed E-state index contributed by atoms with van der Waals surface area (Å²) in [7, 11) is 0. The predicted molar refractivity (Wildman–Crippen MR) is 63.2 cm³/mol. The summed E-state index contributed by atoms with van der Waals surface area (Å²) in [5.41, 5.74) is 4.03. The average Bonchev–Trinajstić information content (AvgIpc) is 2.30. The number of rotatable bonds is 3. The number of alkyl halides is 3. The minimum atomic E-state index is -4.58. The van der Waals surface area contributed by atoms with Crippen LogP contribution in [0.25, 0.3) is 0 Å². The second-order valence-electron chi connectivity index (χ2n) is 3.73. The van der Waals surface area contributed by atoms with Gasteiger partial charge in [0.25, 0.3) is 0 Å². The molecular weight excluding hydrogens is 261 g/mol. The summed E-state index contributed by atoms with van der Waals surface area (Å²) in [5.74, 6) is 0.894. The van der Waals surface area contributed by atoms with E-state index in [0.717, 1.165) is 6.07 Å². The van der Waals surface area contributed by atoms with E-state index in [0.29, 0.717) is 12.1 Å². The Kier molecular flexibility index (Phi) is 4.40. The van der Waals surface area contributed by atoms with E-state index in [9.17, 15) is 23.1 Å². The van der Waals surface area contributed by atoms with Gasteiger partial charge in [0.05, 0.1) is 17.3 Å². The maximum Gasteiger partial charge on any atom is 0.416 e. The summed E-state index contributed by atoms with van der Waals surface area (Å²) in [6.45, 7) is 0. The van der Waals surface area contributed by atoms with Crippen LogP contribution in [0.5, 0.6) is 5.75 Å². The van der Waals surface area contributed by atoms with Crippen molar-refractivity contribution in [2.75, 3.05) is 5.32 Å². The predicted octanol–water partition coefficient (Wildman–Crippen LogP) is 1.70. The molecule has 1 unspecified atom stereocenters. The minimum absolute atomic E-state index is 0.0639. The number of terminal acetylenes is 1. The van der Waals surface area contributed by atoms with Crippen LogP contribution in [0.4, 0.5) is 18.9 Å². The van der Waals surface area contributed by atoms with Gasteiger partial charge in [0.1, 0.15) is 5.75 Å². The number of nitrogens with two attached hydrogens (primary N) is 1. The summed E-state index contributed by atoms with van der Waals surface area (Å²) >= 11 is 0. The fraction of sp³-hybridized carbons (Fsp3) is 0.250. The van der Waals surface area contributed by atoms with Gasteiger partial charge in [-0.2, -0.15) is 13.2 Å². The smallest absolute Gasteiger partial charge is 0.416 e. The Morgan fingerprint density at radius 2 is 2.16 bits per heavy atom. The molecule has 1 atom stereocenters. The van der Waals surface area contributed by atoms with Crippen molar-refractivity contribution in [1.29, 1.82) is 0 Å². The normalized spacial score (nSPS) is 12.6. The molecule has 0 heterocycles. The molecule has 4 N–H and O–H groups in total. The van der Waals surface area contributed by atoms with Crippen LogP contribution in [-0.2, 0) is 11.0 Å². The molecule has 4 nitrogen and oxygen atoms in total. The second-order valence-corrected chi connectivity index (χ2v) is 3.73. The highest BCUT2D eigenvalue weighted by Crippen LogP contribution is 2.34. The van der Waals surface area contributed by atoms with Crippen LogP contribution in [0.1, 0.15) is 12.0 Å². The number of hydrogen-bond donors (Lipinski definition) is 3. The van der Waals surface area contributed by atoms with Gasteiger partial charge in [-0.05, 0) is 18.2 Å². The molecule has 1 aromatic rings. The molecule has 0 saturated heterocycles. The molecular formula is C12H11F3N2O2. The summed E-state index contributed by atoms with van der Waals surface area (Å²) in [6, 6.07) is 1.10. The van der Waals surface area contributed by atoms with Crippen molar-refractivity contribution in [3.63, 3.8) is 0 Å². The van der Waals surface area contributed by atoms with Crippen molar-refractivity contribution < 1.29 is 23.1 Å². The number of nitrogens with one attached hydrogen (secondary N) is 1. The number of anilines is 1. The number of benzene rings is 1. The summed E-state index contributed by atoms with van der Waals surface area (Å²) in [5, 5.41) is 11.5. The van der Waals surface area contributed by atoms with Gasteiger partial charge in [0.15, 0.2) is 0 Å². The Hall–Kier alpha value is -2.20. The Morgan fingerprint density at radius 1 is 1.53 bits per heavy atom. The number of phenolic OH excluding ortho intramolecular Hbond substituents is 1. The number of carbonyl (C=O) groups is 1. The highest BCUT2D eigenvalue weighted by molar-refractivity contribution is 5.96. The van der Waals surface area contributed by atoms with Gasteiger partial charge in [-0.15, -0.1) is 12.3 Å². The molecule has 0 aliphatic heterocycles. The lowest BCUT2D eigenvalue weighted by molar-refractivity contribution is -0.137. The lowest BCUT2D eigenvalue weighted by Crippen LogP contribution is -2.35.